The molecule has 2 aromatic carbocycles. The predicted molar refractivity (Wildman–Crippen MR) is 117 cm³/mol. The molecule has 6 nitrogen and oxygen atoms in total. The Morgan fingerprint density at radius 1 is 1.07 bits per heavy atom. The molecular weight excluding hydrogens is 388 g/mol. The van der Waals surface area contributed by atoms with Crippen LogP contribution < -0.4 is 9.47 Å². The SMILES string of the molecule is COCCCN1C(=O)/C(=C/c2cc(OC)ccc2OC)SC1=Nc1ccccc1. The minimum Gasteiger partial charge on any atom is -0.497 e. The maximum absolute atomic E-state index is 13.1. The van der Waals surface area contributed by atoms with Crippen LogP contribution in [0.2, 0.25) is 0 Å². The van der Waals surface area contributed by atoms with E-state index in [2.05, 4.69) is 4.99 Å². The van der Waals surface area contributed by atoms with E-state index in [0.29, 0.717) is 34.7 Å². The molecule has 0 saturated carbocycles. The molecule has 1 amide bonds. The van der Waals surface area contributed by atoms with Gasteiger partial charge >= 0.3 is 0 Å². The van der Waals surface area contributed by atoms with Crippen LogP contribution in [0.4, 0.5) is 5.69 Å². The highest BCUT2D eigenvalue weighted by Crippen LogP contribution is 2.36. The van der Waals surface area contributed by atoms with Gasteiger partial charge in [0.25, 0.3) is 5.91 Å². The number of thioether (sulfide) groups is 1. The molecular formula is C22H24N2O4S. The number of amidine groups is 1. The molecule has 1 aliphatic heterocycles. The van der Waals surface area contributed by atoms with E-state index in [1.165, 1.54) is 11.8 Å². The van der Waals surface area contributed by atoms with E-state index in [0.717, 1.165) is 17.7 Å². The van der Waals surface area contributed by atoms with Crippen molar-refractivity contribution in [2.75, 3.05) is 34.5 Å². The van der Waals surface area contributed by atoms with E-state index in [1.807, 2.05) is 54.6 Å². The van der Waals surface area contributed by atoms with Crippen molar-refractivity contribution in [1.82, 2.24) is 4.90 Å². The molecule has 0 aliphatic carbocycles. The molecule has 1 saturated heterocycles. The van der Waals surface area contributed by atoms with Crippen molar-refractivity contribution >= 4 is 34.6 Å². The van der Waals surface area contributed by atoms with Crippen LogP contribution in [0.1, 0.15) is 12.0 Å². The minimum atomic E-state index is -0.0781. The first-order valence-corrected chi connectivity index (χ1v) is 10.0. The zero-order valence-electron chi connectivity index (χ0n) is 16.8. The summed E-state index contributed by atoms with van der Waals surface area (Å²) in [6.45, 7) is 1.12. The normalized spacial score (nSPS) is 16.7. The lowest BCUT2D eigenvalue weighted by Gasteiger charge is -2.15. The highest BCUT2D eigenvalue weighted by molar-refractivity contribution is 8.18. The van der Waals surface area contributed by atoms with Gasteiger partial charge in [0.05, 0.1) is 24.8 Å². The number of hydrogen-bond donors (Lipinski definition) is 0. The Bertz CT molecular complexity index is 912. The molecule has 152 valence electrons. The molecule has 0 unspecified atom stereocenters. The molecule has 1 heterocycles. The van der Waals surface area contributed by atoms with Gasteiger partial charge in [-0.2, -0.15) is 0 Å². The van der Waals surface area contributed by atoms with Crippen LogP contribution in [0, 0.1) is 0 Å². The Hall–Kier alpha value is -2.77. The van der Waals surface area contributed by atoms with Gasteiger partial charge in [-0.15, -0.1) is 0 Å². The third-order valence-electron chi connectivity index (χ3n) is 4.32. The quantitative estimate of drug-likeness (QED) is 0.477. The van der Waals surface area contributed by atoms with Gasteiger partial charge in [0.2, 0.25) is 0 Å². The molecule has 0 N–H and O–H groups in total. The summed E-state index contributed by atoms with van der Waals surface area (Å²) in [5.41, 5.74) is 1.58. The average molecular weight is 413 g/mol. The summed E-state index contributed by atoms with van der Waals surface area (Å²) in [5.74, 6) is 1.29. The molecule has 7 heteroatoms. The molecule has 0 atom stereocenters. The second kappa shape index (κ2) is 10.1. The lowest BCUT2D eigenvalue weighted by Crippen LogP contribution is -2.30. The molecule has 2 aromatic rings. The molecule has 0 bridgehead atoms. The standard InChI is InChI=1S/C22H24N2O4S/c1-26-13-7-12-24-21(25)20(29-22(24)23-17-8-5-4-6-9-17)15-16-14-18(27-2)10-11-19(16)28-3/h4-6,8-11,14-15H,7,12-13H2,1-3H3/b20-15-,23-22?. The lowest BCUT2D eigenvalue weighted by atomic mass is 10.1. The second-order valence-corrected chi connectivity index (χ2v) is 7.26. The third-order valence-corrected chi connectivity index (χ3v) is 5.33. The number of amides is 1. The Morgan fingerprint density at radius 3 is 2.55 bits per heavy atom. The largest absolute Gasteiger partial charge is 0.497 e. The van der Waals surface area contributed by atoms with E-state index >= 15 is 0 Å². The molecule has 3 rings (SSSR count). The number of para-hydroxylation sites is 1. The van der Waals surface area contributed by atoms with Gasteiger partial charge in [-0.05, 0) is 54.6 Å². The van der Waals surface area contributed by atoms with E-state index in [1.54, 1.807) is 26.2 Å². The second-order valence-electron chi connectivity index (χ2n) is 6.25. The monoisotopic (exact) mass is 412 g/mol. The minimum absolute atomic E-state index is 0.0781. The Balaban J connectivity index is 1.95. The van der Waals surface area contributed by atoms with Crippen LogP contribution in [0.5, 0.6) is 11.5 Å². The van der Waals surface area contributed by atoms with Crippen molar-refractivity contribution in [1.29, 1.82) is 0 Å². The molecule has 1 aliphatic rings. The van der Waals surface area contributed by atoms with Crippen LogP contribution >= 0.6 is 11.8 Å². The predicted octanol–water partition coefficient (Wildman–Crippen LogP) is 4.34. The van der Waals surface area contributed by atoms with Crippen molar-refractivity contribution in [3.05, 3.63) is 59.0 Å². The number of carbonyl (C=O) groups excluding carboxylic acids is 1. The summed E-state index contributed by atoms with van der Waals surface area (Å²) < 4.78 is 15.9. The van der Waals surface area contributed by atoms with Gasteiger partial charge in [0, 0.05) is 25.8 Å². The van der Waals surface area contributed by atoms with Gasteiger partial charge in [-0.25, -0.2) is 4.99 Å². The summed E-state index contributed by atoms with van der Waals surface area (Å²) in [6, 6.07) is 15.1. The van der Waals surface area contributed by atoms with Gasteiger partial charge in [0.1, 0.15) is 11.5 Å². The molecule has 0 aromatic heterocycles. The van der Waals surface area contributed by atoms with Crippen molar-refractivity contribution in [3.63, 3.8) is 0 Å². The van der Waals surface area contributed by atoms with Crippen LogP contribution in [0.15, 0.2) is 58.4 Å². The Labute approximate surface area is 175 Å². The van der Waals surface area contributed by atoms with Crippen molar-refractivity contribution in [2.24, 2.45) is 4.99 Å². The van der Waals surface area contributed by atoms with Crippen molar-refractivity contribution in [2.45, 2.75) is 6.42 Å². The first kappa shape index (κ1) is 21.0. The first-order valence-electron chi connectivity index (χ1n) is 9.22. The number of rotatable bonds is 8. The van der Waals surface area contributed by atoms with E-state index in [9.17, 15) is 4.79 Å². The number of aliphatic imine (C=N–C) groups is 1. The highest BCUT2D eigenvalue weighted by Gasteiger charge is 2.33. The van der Waals surface area contributed by atoms with Crippen LogP contribution in [0.3, 0.4) is 0 Å². The Morgan fingerprint density at radius 2 is 1.86 bits per heavy atom. The van der Waals surface area contributed by atoms with E-state index in [4.69, 9.17) is 14.2 Å². The maximum atomic E-state index is 13.1. The summed E-state index contributed by atoms with van der Waals surface area (Å²) >= 11 is 1.36. The zero-order valence-corrected chi connectivity index (χ0v) is 17.6. The topological polar surface area (TPSA) is 60.4 Å². The fraction of sp³-hybridized carbons (Fsp3) is 0.273. The number of hydrogen-bond acceptors (Lipinski definition) is 6. The number of methoxy groups -OCH3 is 3. The summed E-state index contributed by atoms with van der Waals surface area (Å²) in [7, 11) is 4.86. The molecule has 0 spiro atoms. The summed E-state index contributed by atoms with van der Waals surface area (Å²) in [4.78, 5) is 20.1. The zero-order chi connectivity index (χ0) is 20.6. The lowest BCUT2D eigenvalue weighted by molar-refractivity contribution is -0.122. The van der Waals surface area contributed by atoms with Crippen molar-refractivity contribution < 1.29 is 19.0 Å². The van der Waals surface area contributed by atoms with Gasteiger partial charge in [-0.3, -0.25) is 9.69 Å². The molecule has 1 fully saturated rings. The van der Waals surface area contributed by atoms with Crippen LogP contribution in [0.25, 0.3) is 6.08 Å². The van der Waals surface area contributed by atoms with Crippen molar-refractivity contribution in [3.8, 4) is 11.5 Å². The summed E-state index contributed by atoms with van der Waals surface area (Å²) in [5, 5.41) is 0.658. The molecule has 29 heavy (non-hydrogen) atoms. The van der Waals surface area contributed by atoms with Crippen LogP contribution in [-0.2, 0) is 9.53 Å². The fourth-order valence-electron chi connectivity index (χ4n) is 2.86. The van der Waals surface area contributed by atoms with E-state index in [-0.39, 0.29) is 5.91 Å². The molecule has 0 radical (unpaired) electrons. The maximum Gasteiger partial charge on any atom is 0.266 e. The highest BCUT2D eigenvalue weighted by atomic mass is 32.2. The number of ether oxygens (including phenoxy) is 3. The number of carbonyl (C=O) groups is 1. The Kier molecular flexibility index (Phi) is 7.32. The number of nitrogens with zero attached hydrogens (tertiary/aromatic N) is 2. The number of benzene rings is 2. The van der Waals surface area contributed by atoms with Crippen LogP contribution in [-0.4, -0.2) is 50.5 Å². The smallest absolute Gasteiger partial charge is 0.266 e. The third kappa shape index (κ3) is 5.19. The summed E-state index contributed by atoms with van der Waals surface area (Å²) in [6.07, 6.45) is 2.55. The fourth-order valence-corrected chi connectivity index (χ4v) is 3.88. The van der Waals surface area contributed by atoms with Gasteiger partial charge in [0.15, 0.2) is 5.17 Å². The van der Waals surface area contributed by atoms with E-state index < -0.39 is 0 Å². The average Bonchev–Trinajstić information content (AvgIpc) is 3.03. The van der Waals surface area contributed by atoms with Gasteiger partial charge in [-0.1, -0.05) is 18.2 Å². The first-order chi connectivity index (χ1) is 14.2. The van der Waals surface area contributed by atoms with Gasteiger partial charge < -0.3 is 14.2 Å².